The first-order chi connectivity index (χ1) is 12.9. The number of morpholine rings is 1. The van der Waals surface area contributed by atoms with Gasteiger partial charge in [0.15, 0.2) is 0 Å². The monoisotopic (exact) mass is 378 g/mol. The third-order valence-electron chi connectivity index (χ3n) is 4.44. The molecule has 4 nitrogen and oxygen atoms in total. The maximum absolute atomic E-state index is 12.6. The molecule has 2 aromatic rings. The number of nitrogens with one attached hydrogen (secondary N) is 1. The van der Waals surface area contributed by atoms with Crippen molar-refractivity contribution in [1.29, 1.82) is 0 Å². The van der Waals surface area contributed by atoms with E-state index in [1.807, 2.05) is 18.2 Å². The molecule has 1 amide bonds. The zero-order valence-corrected chi connectivity index (χ0v) is 14.7. The van der Waals surface area contributed by atoms with Gasteiger partial charge in [-0.2, -0.15) is 13.2 Å². The molecule has 1 unspecified atom stereocenters. The summed E-state index contributed by atoms with van der Waals surface area (Å²) in [5.41, 5.74) is 0.637. The minimum absolute atomic E-state index is 0.152. The number of ether oxygens (including phenoxy) is 1. The molecule has 1 aliphatic rings. The number of carbonyl (C=O) groups is 1. The van der Waals surface area contributed by atoms with Gasteiger partial charge in [-0.3, -0.25) is 9.69 Å². The number of amides is 1. The second-order valence-electron chi connectivity index (χ2n) is 6.50. The van der Waals surface area contributed by atoms with Crippen molar-refractivity contribution in [2.75, 3.05) is 26.2 Å². The summed E-state index contributed by atoms with van der Waals surface area (Å²) >= 11 is 0. The number of hydrogen-bond acceptors (Lipinski definition) is 3. The summed E-state index contributed by atoms with van der Waals surface area (Å²) in [5.74, 6) is -0.410. The topological polar surface area (TPSA) is 41.6 Å². The summed E-state index contributed by atoms with van der Waals surface area (Å²) < 4.78 is 43.4. The van der Waals surface area contributed by atoms with E-state index in [0.717, 1.165) is 25.2 Å². The van der Waals surface area contributed by atoms with Crippen LogP contribution in [-0.4, -0.2) is 43.2 Å². The van der Waals surface area contributed by atoms with Crippen LogP contribution >= 0.6 is 0 Å². The van der Waals surface area contributed by atoms with Crippen molar-refractivity contribution >= 4 is 5.91 Å². The molecule has 0 bridgehead atoms. The Bertz CT molecular complexity index is 748. The lowest BCUT2D eigenvalue weighted by atomic mass is 10.1. The Balaban J connectivity index is 1.49. The van der Waals surface area contributed by atoms with Crippen LogP contribution in [0.5, 0.6) is 0 Å². The summed E-state index contributed by atoms with van der Waals surface area (Å²) in [5, 5.41) is 2.74. The first-order valence-electron chi connectivity index (χ1n) is 8.75. The van der Waals surface area contributed by atoms with Crippen LogP contribution < -0.4 is 5.32 Å². The molecule has 0 saturated carbocycles. The fraction of sp³-hybridized carbons (Fsp3) is 0.350. The molecule has 3 rings (SSSR count). The van der Waals surface area contributed by atoms with Gasteiger partial charge in [-0.05, 0) is 29.8 Å². The van der Waals surface area contributed by atoms with E-state index in [1.54, 1.807) is 0 Å². The standard InChI is InChI=1S/C20H21F3N2O2/c21-20(22,23)17-8-6-16(7-9-17)19(26)24-12-18-14-25(10-11-27-18)13-15-4-2-1-3-5-15/h1-9,18H,10-14H2,(H,24,26). The minimum atomic E-state index is -4.41. The van der Waals surface area contributed by atoms with E-state index in [4.69, 9.17) is 4.74 Å². The minimum Gasteiger partial charge on any atom is -0.374 e. The molecule has 1 saturated heterocycles. The van der Waals surface area contributed by atoms with Gasteiger partial charge in [-0.1, -0.05) is 30.3 Å². The van der Waals surface area contributed by atoms with Crippen LogP contribution in [0.3, 0.4) is 0 Å². The van der Waals surface area contributed by atoms with Crippen LogP contribution in [0.25, 0.3) is 0 Å². The highest BCUT2D eigenvalue weighted by atomic mass is 19.4. The molecule has 1 heterocycles. The number of hydrogen-bond donors (Lipinski definition) is 1. The number of alkyl halides is 3. The molecule has 2 aromatic carbocycles. The molecular formula is C20H21F3N2O2. The van der Waals surface area contributed by atoms with Crippen molar-refractivity contribution in [3.63, 3.8) is 0 Å². The first kappa shape index (κ1) is 19.4. The zero-order chi connectivity index (χ0) is 19.3. The number of halogens is 3. The lowest BCUT2D eigenvalue weighted by Gasteiger charge is -2.33. The van der Waals surface area contributed by atoms with Gasteiger partial charge in [0.2, 0.25) is 0 Å². The lowest BCUT2D eigenvalue weighted by molar-refractivity contribution is -0.137. The van der Waals surface area contributed by atoms with Crippen molar-refractivity contribution in [2.45, 2.75) is 18.8 Å². The average molecular weight is 378 g/mol. The molecule has 0 radical (unpaired) electrons. The highest BCUT2D eigenvalue weighted by Gasteiger charge is 2.30. The SMILES string of the molecule is O=C(NCC1CN(Cc2ccccc2)CCO1)c1ccc(C(F)(F)F)cc1. The summed E-state index contributed by atoms with van der Waals surface area (Å²) in [7, 11) is 0. The molecule has 0 aromatic heterocycles. The van der Waals surface area contributed by atoms with Crippen LogP contribution in [0.2, 0.25) is 0 Å². The Morgan fingerprint density at radius 1 is 1.11 bits per heavy atom. The van der Waals surface area contributed by atoms with Crippen molar-refractivity contribution in [2.24, 2.45) is 0 Å². The van der Waals surface area contributed by atoms with E-state index in [1.165, 1.54) is 17.7 Å². The van der Waals surface area contributed by atoms with Gasteiger partial charge in [0.1, 0.15) is 0 Å². The number of benzene rings is 2. The van der Waals surface area contributed by atoms with Gasteiger partial charge in [-0.25, -0.2) is 0 Å². The Morgan fingerprint density at radius 2 is 1.81 bits per heavy atom. The summed E-state index contributed by atoms with van der Waals surface area (Å²) in [6, 6.07) is 14.3. The molecule has 0 aliphatic carbocycles. The third-order valence-corrected chi connectivity index (χ3v) is 4.44. The van der Waals surface area contributed by atoms with Gasteiger partial charge >= 0.3 is 6.18 Å². The molecule has 27 heavy (non-hydrogen) atoms. The van der Waals surface area contributed by atoms with E-state index in [-0.39, 0.29) is 11.7 Å². The van der Waals surface area contributed by atoms with Crippen molar-refractivity contribution in [3.8, 4) is 0 Å². The predicted molar refractivity (Wildman–Crippen MR) is 95.2 cm³/mol. The second-order valence-corrected chi connectivity index (χ2v) is 6.50. The number of carbonyl (C=O) groups excluding carboxylic acids is 1. The van der Waals surface area contributed by atoms with Crippen molar-refractivity contribution in [1.82, 2.24) is 10.2 Å². The molecular weight excluding hydrogens is 357 g/mol. The Labute approximate surface area is 155 Å². The smallest absolute Gasteiger partial charge is 0.374 e. The van der Waals surface area contributed by atoms with E-state index in [0.29, 0.717) is 19.7 Å². The molecule has 1 atom stereocenters. The van der Waals surface area contributed by atoms with Crippen molar-refractivity contribution in [3.05, 3.63) is 71.3 Å². The van der Waals surface area contributed by atoms with Crippen LogP contribution in [0.1, 0.15) is 21.5 Å². The molecule has 1 fully saturated rings. The molecule has 0 spiro atoms. The van der Waals surface area contributed by atoms with Crippen LogP contribution in [0.15, 0.2) is 54.6 Å². The summed E-state index contributed by atoms with van der Waals surface area (Å²) in [6.45, 7) is 3.20. The zero-order valence-electron chi connectivity index (χ0n) is 14.7. The van der Waals surface area contributed by atoms with E-state index in [2.05, 4.69) is 22.3 Å². The largest absolute Gasteiger partial charge is 0.416 e. The molecule has 144 valence electrons. The molecule has 1 N–H and O–H groups in total. The third kappa shape index (κ3) is 5.55. The van der Waals surface area contributed by atoms with Gasteiger partial charge in [-0.15, -0.1) is 0 Å². The number of rotatable bonds is 5. The highest BCUT2D eigenvalue weighted by Crippen LogP contribution is 2.29. The lowest BCUT2D eigenvalue weighted by Crippen LogP contribution is -2.47. The highest BCUT2D eigenvalue weighted by molar-refractivity contribution is 5.94. The van der Waals surface area contributed by atoms with Gasteiger partial charge in [0.05, 0.1) is 18.3 Å². The Hall–Kier alpha value is -2.38. The summed E-state index contributed by atoms with van der Waals surface area (Å²) in [4.78, 5) is 14.4. The average Bonchev–Trinajstić information content (AvgIpc) is 2.67. The van der Waals surface area contributed by atoms with Crippen LogP contribution in [0, 0.1) is 0 Å². The fourth-order valence-electron chi connectivity index (χ4n) is 3.01. The molecule has 1 aliphatic heterocycles. The number of nitrogens with zero attached hydrogens (tertiary/aromatic N) is 1. The predicted octanol–water partition coefficient (Wildman–Crippen LogP) is 3.34. The summed E-state index contributed by atoms with van der Waals surface area (Å²) in [6.07, 6.45) is -4.56. The van der Waals surface area contributed by atoms with Crippen LogP contribution in [0.4, 0.5) is 13.2 Å². The first-order valence-corrected chi connectivity index (χ1v) is 8.75. The van der Waals surface area contributed by atoms with E-state index in [9.17, 15) is 18.0 Å². The molecule has 7 heteroatoms. The Morgan fingerprint density at radius 3 is 2.48 bits per heavy atom. The maximum atomic E-state index is 12.6. The van der Waals surface area contributed by atoms with Gasteiger partial charge in [0.25, 0.3) is 5.91 Å². The van der Waals surface area contributed by atoms with Gasteiger partial charge < -0.3 is 10.1 Å². The quantitative estimate of drug-likeness (QED) is 0.868. The normalized spacial score (nSPS) is 18.3. The second kappa shape index (κ2) is 8.54. The van der Waals surface area contributed by atoms with E-state index < -0.39 is 17.6 Å². The van der Waals surface area contributed by atoms with Crippen molar-refractivity contribution < 1.29 is 22.7 Å². The van der Waals surface area contributed by atoms with E-state index >= 15 is 0 Å². The van der Waals surface area contributed by atoms with Gasteiger partial charge in [0, 0.05) is 31.7 Å². The Kier molecular flexibility index (Phi) is 6.13. The van der Waals surface area contributed by atoms with Crippen LogP contribution in [-0.2, 0) is 17.5 Å². The maximum Gasteiger partial charge on any atom is 0.416 e. The fourth-order valence-corrected chi connectivity index (χ4v) is 3.01.